The number of rotatable bonds is 8. The summed E-state index contributed by atoms with van der Waals surface area (Å²) in [6.45, 7) is 2.91. The van der Waals surface area contributed by atoms with Gasteiger partial charge >= 0.3 is 0 Å². The predicted octanol–water partition coefficient (Wildman–Crippen LogP) is 3.41. The van der Waals surface area contributed by atoms with Gasteiger partial charge in [0.2, 0.25) is 5.95 Å². The van der Waals surface area contributed by atoms with Gasteiger partial charge in [-0.05, 0) is 67.4 Å². The zero-order valence-electron chi connectivity index (χ0n) is 20.7. The summed E-state index contributed by atoms with van der Waals surface area (Å²) in [4.78, 5) is 43.1. The van der Waals surface area contributed by atoms with Crippen molar-refractivity contribution in [1.82, 2.24) is 30.6 Å². The van der Waals surface area contributed by atoms with Crippen LogP contribution in [0.15, 0.2) is 47.8 Å². The van der Waals surface area contributed by atoms with Crippen molar-refractivity contribution in [3.05, 3.63) is 65.0 Å². The Balaban J connectivity index is 1.15. The van der Waals surface area contributed by atoms with E-state index < -0.39 is 11.7 Å². The lowest BCUT2D eigenvalue weighted by Crippen LogP contribution is -2.38. The molecule has 0 aliphatic carbocycles. The van der Waals surface area contributed by atoms with Crippen LogP contribution in [0.4, 0.5) is 15.1 Å². The van der Waals surface area contributed by atoms with Crippen molar-refractivity contribution in [3.8, 4) is 17.0 Å². The van der Waals surface area contributed by atoms with Crippen molar-refractivity contribution >= 4 is 34.9 Å². The van der Waals surface area contributed by atoms with Gasteiger partial charge in [-0.15, -0.1) is 0 Å². The Bertz CT molecular complexity index is 1380. The number of pyridine rings is 2. The average molecular weight is 536 g/mol. The molecule has 2 saturated heterocycles. The Labute approximate surface area is 223 Å². The van der Waals surface area contributed by atoms with Crippen LogP contribution >= 0.6 is 11.8 Å². The van der Waals surface area contributed by atoms with Crippen molar-refractivity contribution in [3.63, 3.8) is 0 Å². The number of ether oxygens (including phenoxy) is 1. The molecule has 5 heterocycles. The molecule has 0 atom stereocenters. The minimum absolute atomic E-state index is 0.326. The Kier molecular flexibility index (Phi) is 7.89. The Morgan fingerprint density at radius 1 is 1.18 bits per heavy atom. The van der Waals surface area contributed by atoms with E-state index in [9.17, 15) is 14.0 Å². The van der Waals surface area contributed by atoms with Crippen LogP contribution in [0, 0.1) is 11.7 Å². The van der Waals surface area contributed by atoms with Crippen LogP contribution in [0.3, 0.4) is 0 Å². The van der Waals surface area contributed by atoms with Gasteiger partial charge in [-0.25, -0.2) is 19.3 Å². The summed E-state index contributed by atoms with van der Waals surface area (Å²) < 4.78 is 19.6. The monoisotopic (exact) mass is 535 g/mol. The second-order valence-corrected chi connectivity index (χ2v) is 9.91. The number of anilines is 1. The number of aromatic nitrogens is 4. The predicted molar refractivity (Wildman–Crippen MR) is 142 cm³/mol. The number of halogens is 1. The van der Waals surface area contributed by atoms with Gasteiger partial charge in [0.15, 0.2) is 5.82 Å². The molecule has 0 unspecified atom stereocenters. The van der Waals surface area contributed by atoms with Crippen LogP contribution in [0.1, 0.15) is 24.2 Å². The van der Waals surface area contributed by atoms with Gasteiger partial charge in [-0.2, -0.15) is 0 Å². The number of imide groups is 1. The molecule has 12 heteroatoms. The Hall–Kier alpha value is -3.90. The summed E-state index contributed by atoms with van der Waals surface area (Å²) >= 11 is 0.868. The molecule has 2 aliphatic rings. The summed E-state index contributed by atoms with van der Waals surface area (Å²) in [6.07, 6.45) is 7.91. The number of thioether (sulfide) groups is 1. The molecule has 0 aromatic carbocycles. The lowest BCUT2D eigenvalue weighted by Gasteiger charge is -2.32. The highest BCUT2D eigenvalue weighted by Crippen LogP contribution is 2.27. The first kappa shape index (κ1) is 25.7. The van der Waals surface area contributed by atoms with Crippen molar-refractivity contribution in [2.75, 3.05) is 31.6 Å². The molecule has 5 rings (SSSR count). The lowest BCUT2D eigenvalue weighted by molar-refractivity contribution is -0.115. The molecule has 2 fully saturated rings. The Morgan fingerprint density at radius 2 is 2.03 bits per heavy atom. The van der Waals surface area contributed by atoms with E-state index in [0.717, 1.165) is 44.2 Å². The number of carbonyl (C=O) groups is 2. The molecule has 0 spiro atoms. The van der Waals surface area contributed by atoms with E-state index >= 15 is 0 Å². The minimum atomic E-state index is -0.417. The first-order chi connectivity index (χ1) is 18.5. The van der Waals surface area contributed by atoms with Gasteiger partial charge in [0.05, 0.1) is 35.3 Å². The quantitative estimate of drug-likeness (QED) is 0.415. The summed E-state index contributed by atoms with van der Waals surface area (Å²) in [7, 11) is 1.59. The molecule has 2 amide bonds. The van der Waals surface area contributed by atoms with Crippen molar-refractivity contribution in [1.29, 1.82) is 0 Å². The van der Waals surface area contributed by atoms with E-state index in [2.05, 4.69) is 35.5 Å². The second kappa shape index (κ2) is 11.7. The van der Waals surface area contributed by atoms with Gasteiger partial charge in [-0.3, -0.25) is 19.9 Å². The first-order valence-electron chi connectivity index (χ1n) is 12.2. The Morgan fingerprint density at radius 3 is 2.76 bits per heavy atom. The zero-order valence-corrected chi connectivity index (χ0v) is 21.5. The largest absolute Gasteiger partial charge is 0.495 e. The van der Waals surface area contributed by atoms with Gasteiger partial charge in [0.1, 0.15) is 5.75 Å². The third-order valence-electron chi connectivity index (χ3n) is 6.41. The molecule has 0 saturated carbocycles. The lowest BCUT2D eigenvalue weighted by atomic mass is 9.97. The van der Waals surface area contributed by atoms with Crippen LogP contribution in [-0.2, 0) is 11.3 Å². The van der Waals surface area contributed by atoms with Gasteiger partial charge in [0.25, 0.3) is 11.1 Å². The summed E-state index contributed by atoms with van der Waals surface area (Å²) in [5, 5.41) is 5.34. The van der Waals surface area contributed by atoms with Crippen molar-refractivity contribution < 1.29 is 18.7 Å². The smallest absolute Gasteiger partial charge is 0.290 e. The molecule has 3 aromatic heterocycles. The standard InChI is InChI=1S/C26H26FN7O3S/c1-37-22-3-2-20(18-5-8-28-14-19(18)27)32-21(22)15-29-13-16-6-10-34(11-7-16)25-30-9-4-17(31-25)12-23-24(35)33-26(36)38-23/h2-5,8-9,12,14,16,29H,6-7,10-11,13,15H2,1H3,(H,33,35,36). The fraction of sp³-hybridized carbons (Fsp3) is 0.308. The van der Waals surface area contributed by atoms with Gasteiger partial charge in [0, 0.05) is 37.6 Å². The molecule has 2 aliphatic heterocycles. The van der Waals surface area contributed by atoms with Crippen molar-refractivity contribution in [2.24, 2.45) is 5.92 Å². The summed E-state index contributed by atoms with van der Waals surface area (Å²) in [5.41, 5.74) is 2.24. The number of piperidine rings is 1. The molecule has 0 radical (unpaired) electrons. The maximum absolute atomic E-state index is 14.2. The number of carbonyl (C=O) groups excluding carboxylic acids is 2. The van der Waals surface area contributed by atoms with Crippen LogP contribution < -0.4 is 20.3 Å². The number of nitrogens with zero attached hydrogens (tertiary/aromatic N) is 5. The molecule has 0 bridgehead atoms. The molecule has 2 N–H and O–H groups in total. The van der Waals surface area contributed by atoms with E-state index in [1.54, 1.807) is 49.8 Å². The summed E-state index contributed by atoms with van der Waals surface area (Å²) in [6, 6.07) is 6.86. The molecule has 196 valence electrons. The summed E-state index contributed by atoms with van der Waals surface area (Å²) in [5.74, 6) is 0.899. The van der Waals surface area contributed by atoms with Crippen LogP contribution in [-0.4, -0.2) is 57.8 Å². The second-order valence-electron chi connectivity index (χ2n) is 8.90. The highest BCUT2D eigenvalue weighted by Gasteiger charge is 2.26. The zero-order chi connectivity index (χ0) is 26.5. The SMILES string of the molecule is COc1ccc(-c2ccncc2F)nc1CNCC1CCN(c2nccc(C=C3SC(=O)NC3=O)n2)CC1. The van der Waals surface area contributed by atoms with Gasteiger partial charge < -0.3 is 15.0 Å². The highest BCUT2D eigenvalue weighted by atomic mass is 32.2. The first-order valence-corrected chi connectivity index (χ1v) is 13.0. The molecule has 3 aromatic rings. The third-order valence-corrected chi connectivity index (χ3v) is 7.22. The average Bonchev–Trinajstić information content (AvgIpc) is 3.25. The number of hydrogen-bond donors (Lipinski definition) is 2. The van der Waals surface area contributed by atoms with Crippen LogP contribution in [0.5, 0.6) is 5.75 Å². The highest BCUT2D eigenvalue weighted by molar-refractivity contribution is 8.18. The normalized spacial score (nSPS) is 17.2. The maximum atomic E-state index is 14.2. The number of nitrogens with one attached hydrogen (secondary N) is 2. The van der Waals surface area contributed by atoms with Crippen LogP contribution in [0.2, 0.25) is 0 Å². The van der Waals surface area contributed by atoms with Crippen molar-refractivity contribution in [2.45, 2.75) is 19.4 Å². The topological polar surface area (TPSA) is 122 Å². The van der Waals surface area contributed by atoms with E-state index in [4.69, 9.17) is 4.74 Å². The van der Waals surface area contributed by atoms with Gasteiger partial charge in [-0.1, -0.05) is 0 Å². The van der Waals surface area contributed by atoms with Crippen LogP contribution in [0.25, 0.3) is 17.3 Å². The molecule has 10 nitrogen and oxygen atoms in total. The molecular formula is C26H26FN7O3S. The third kappa shape index (κ3) is 5.97. The number of amides is 2. The minimum Gasteiger partial charge on any atom is -0.495 e. The van der Waals surface area contributed by atoms with E-state index in [1.165, 1.54) is 6.20 Å². The molecular weight excluding hydrogens is 509 g/mol. The number of methoxy groups -OCH3 is 1. The fourth-order valence-corrected chi connectivity index (χ4v) is 5.08. The van der Waals surface area contributed by atoms with E-state index in [1.807, 2.05) is 0 Å². The number of hydrogen-bond acceptors (Lipinski definition) is 10. The fourth-order valence-electron chi connectivity index (χ4n) is 4.42. The van der Waals surface area contributed by atoms with E-state index in [0.29, 0.717) is 51.7 Å². The molecule has 38 heavy (non-hydrogen) atoms. The van der Waals surface area contributed by atoms with E-state index in [-0.39, 0.29) is 5.24 Å². The maximum Gasteiger partial charge on any atom is 0.290 e.